The Morgan fingerprint density at radius 2 is 1.79 bits per heavy atom. The smallest absolute Gasteiger partial charge is 0.309 e. The van der Waals surface area contributed by atoms with Crippen molar-refractivity contribution in [3.8, 4) is 0 Å². The van der Waals surface area contributed by atoms with E-state index in [0.29, 0.717) is 0 Å². The van der Waals surface area contributed by atoms with Gasteiger partial charge in [-0.2, -0.15) is 0 Å². The van der Waals surface area contributed by atoms with Crippen LogP contribution in [0.15, 0.2) is 0 Å². The van der Waals surface area contributed by atoms with Crippen LogP contribution in [0.25, 0.3) is 0 Å². The number of amides is 1. The SMILES string of the molecule is CC(C)N(C)C(=O)CC(C)(C)C(=O)O. The summed E-state index contributed by atoms with van der Waals surface area (Å²) in [6, 6.07) is 0.104. The van der Waals surface area contributed by atoms with E-state index in [9.17, 15) is 9.59 Å². The molecule has 0 rings (SSSR count). The van der Waals surface area contributed by atoms with Crippen molar-refractivity contribution in [3.63, 3.8) is 0 Å². The predicted molar refractivity (Wildman–Crippen MR) is 53.9 cm³/mol. The van der Waals surface area contributed by atoms with Crippen molar-refractivity contribution >= 4 is 11.9 Å². The van der Waals surface area contributed by atoms with Crippen molar-refractivity contribution in [2.75, 3.05) is 7.05 Å². The maximum absolute atomic E-state index is 11.6. The Morgan fingerprint density at radius 1 is 1.36 bits per heavy atom. The first-order valence-electron chi connectivity index (χ1n) is 4.67. The number of nitrogens with zero attached hydrogens (tertiary/aromatic N) is 1. The minimum atomic E-state index is -0.986. The number of carbonyl (C=O) groups excluding carboxylic acids is 1. The summed E-state index contributed by atoms with van der Waals surface area (Å²) in [6.45, 7) is 6.90. The molecule has 0 saturated carbocycles. The van der Waals surface area contributed by atoms with Crippen LogP contribution in [0, 0.1) is 5.41 Å². The van der Waals surface area contributed by atoms with Crippen molar-refractivity contribution < 1.29 is 14.7 Å². The summed E-state index contributed by atoms with van der Waals surface area (Å²) in [5.74, 6) is -1.07. The summed E-state index contributed by atoms with van der Waals surface area (Å²) in [7, 11) is 1.69. The van der Waals surface area contributed by atoms with Crippen LogP contribution in [-0.2, 0) is 9.59 Å². The lowest BCUT2D eigenvalue weighted by atomic mass is 9.89. The molecule has 4 heteroatoms. The molecule has 82 valence electrons. The van der Waals surface area contributed by atoms with E-state index in [2.05, 4.69) is 0 Å². The van der Waals surface area contributed by atoms with Gasteiger partial charge in [0, 0.05) is 19.5 Å². The molecule has 0 atom stereocenters. The van der Waals surface area contributed by atoms with E-state index in [0.717, 1.165) is 0 Å². The van der Waals surface area contributed by atoms with Gasteiger partial charge in [0.1, 0.15) is 0 Å². The molecule has 0 spiro atoms. The maximum atomic E-state index is 11.6. The fourth-order valence-corrected chi connectivity index (χ4v) is 0.866. The van der Waals surface area contributed by atoms with E-state index in [1.54, 1.807) is 25.8 Å². The first kappa shape index (κ1) is 12.9. The quantitative estimate of drug-likeness (QED) is 0.747. The Morgan fingerprint density at radius 3 is 2.07 bits per heavy atom. The minimum absolute atomic E-state index is 0.0387. The number of hydrogen-bond acceptors (Lipinski definition) is 2. The van der Waals surface area contributed by atoms with Gasteiger partial charge in [-0.1, -0.05) is 0 Å². The van der Waals surface area contributed by atoms with Crippen LogP contribution in [0.5, 0.6) is 0 Å². The molecular weight excluding hydrogens is 182 g/mol. The van der Waals surface area contributed by atoms with Crippen LogP contribution in [0.4, 0.5) is 0 Å². The molecule has 0 aromatic rings. The molecule has 0 aromatic heterocycles. The van der Waals surface area contributed by atoms with Crippen molar-refractivity contribution in [2.45, 2.75) is 40.2 Å². The molecule has 0 heterocycles. The number of carbonyl (C=O) groups is 2. The van der Waals surface area contributed by atoms with Crippen molar-refractivity contribution in [2.24, 2.45) is 5.41 Å². The van der Waals surface area contributed by atoms with Gasteiger partial charge in [-0.05, 0) is 27.7 Å². The summed E-state index contributed by atoms with van der Waals surface area (Å²) in [6.07, 6.45) is 0.0387. The van der Waals surface area contributed by atoms with E-state index in [1.807, 2.05) is 13.8 Å². The molecule has 0 aliphatic heterocycles. The fraction of sp³-hybridized carbons (Fsp3) is 0.800. The molecule has 1 N–H and O–H groups in total. The highest BCUT2D eigenvalue weighted by Crippen LogP contribution is 2.21. The summed E-state index contributed by atoms with van der Waals surface area (Å²) >= 11 is 0. The van der Waals surface area contributed by atoms with Gasteiger partial charge in [-0.3, -0.25) is 9.59 Å². The molecule has 0 fully saturated rings. The normalized spacial score (nSPS) is 11.6. The highest BCUT2D eigenvalue weighted by Gasteiger charge is 2.31. The number of carboxylic acids is 1. The third kappa shape index (κ3) is 3.36. The first-order valence-corrected chi connectivity index (χ1v) is 4.67. The van der Waals surface area contributed by atoms with Crippen LogP contribution >= 0.6 is 0 Å². The molecule has 0 saturated heterocycles. The van der Waals surface area contributed by atoms with E-state index in [-0.39, 0.29) is 18.4 Å². The maximum Gasteiger partial charge on any atom is 0.309 e. The van der Waals surface area contributed by atoms with Gasteiger partial charge >= 0.3 is 5.97 Å². The van der Waals surface area contributed by atoms with Gasteiger partial charge in [0.15, 0.2) is 0 Å². The van der Waals surface area contributed by atoms with Crippen molar-refractivity contribution in [1.82, 2.24) is 4.90 Å². The molecule has 0 aliphatic carbocycles. The van der Waals surface area contributed by atoms with Crippen LogP contribution in [-0.4, -0.2) is 35.0 Å². The van der Waals surface area contributed by atoms with Gasteiger partial charge < -0.3 is 10.0 Å². The second-order valence-corrected chi connectivity index (χ2v) is 4.46. The third-order valence-corrected chi connectivity index (χ3v) is 2.34. The Hall–Kier alpha value is -1.06. The van der Waals surface area contributed by atoms with Crippen LogP contribution in [0.1, 0.15) is 34.1 Å². The lowest BCUT2D eigenvalue weighted by Gasteiger charge is -2.26. The summed E-state index contributed by atoms with van der Waals surface area (Å²) in [5, 5.41) is 8.84. The lowest BCUT2D eigenvalue weighted by Crippen LogP contribution is -2.38. The number of rotatable bonds is 4. The van der Waals surface area contributed by atoms with Crippen molar-refractivity contribution in [1.29, 1.82) is 0 Å². The first-order chi connectivity index (χ1) is 6.18. The fourth-order valence-electron chi connectivity index (χ4n) is 0.866. The molecule has 0 unspecified atom stereocenters. The third-order valence-electron chi connectivity index (χ3n) is 2.34. The zero-order chi connectivity index (χ0) is 11.5. The van der Waals surface area contributed by atoms with Gasteiger partial charge in [0.2, 0.25) is 5.91 Å². The van der Waals surface area contributed by atoms with E-state index < -0.39 is 11.4 Å². The summed E-state index contributed by atoms with van der Waals surface area (Å²) in [5.41, 5.74) is -0.986. The molecule has 0 aromatic carbocycles. The highest BCUT2D eigenvalue weighted by molar-refractivity contribution is 5.84. The molecule has 4 nitrogen and oxygen atoms in total. The number of carboxylic acid groups (broad SMARTS) is 1. The molecule has 0 aliphatic rings. The number of aliphatic carboxylic acids is 1. The molecule has 0 radical (unpaired) electrons. The molecule has 0 bridgehead atoms. The summed E-state index contributed by atoms with van der Waals surface area (Å²) in [4.78, 5) is 23.9. The Kier molecular flexibility index (Phi) is 4.10. The average molecular weight is 201 g/mol. The molecule has 14 heavy (non-hydrogen) atoms. The van der Waals surface area contributed by atoms with E-state index >= 15 is 0 Å². The Labute approximate surface area is 84.9 Å². The van der Waals surface area contributed by atoms with E-state index in [4.69, 9.17) is 5.11 Å². The Bertz CT molecular complexity index is 234. The molecule has 1 amide bonds. The van der Waals surface area contributed by atoms with Crippen molar-refractivity contribution in [3.05, 3.63) is 0 Å². The monoisotopic (exact) mass is 201 g/mol. The average Bonchev–Trinajstić information content (AvgIpc) is 2.01. The predicted octanol–water partition coefficient (Wildman–Crippen LogP) is 1.35. The standard InChI is InChI=1S/C10H19NO3/c1-7(2)11(5)8(12)6-10(3,4)9(13)14/h7H,6H2,1-5H3,(H,13,14). The minimum Gasteiger partial charge on any atom is -0.481 e. The second-order valence-electron chi connectivity index (χ2n) is 4.46. The molecular formula is C10H19NO3. The zero-order valence-corrected chi connectivity index (χ0v) is 9.50. The van der Waals surface area contributed by atoms with Gasteiger partial charge in [-0.15, -0.1) is 0 Å². The van der Waals surface area contributed by atoms with Gasteiger partial charge in [0.25, 0.3) is 0 Å². The van der Waals surface area contributed by atoms with Crippen LogP contribution in [0.3, 0.4) is 0 Å². The van der Waals surface area contributed by atoms with E-state index in [1.165, 1.54) is 0 Å². The number of hydrogen-bond donors (Lipinski definition) is 1. The second kappa shape index (κ2) is 4.44. The highest BCUT2D eigenvalue weighted by atomic mass is 16.4. The van der Waals surface area contributed by atoms with Crippen LogP contribution < -0.4 is 0 Å². The topological polar surface area (TPSA) is 57.6 Å². The van der Waals surface area contributed by atoms with Gasteiger partial charge in [0.05, 0.1) is 5.41 Å². The lowest BCUT2D eigenvalue weighted by molar-refractivity contribution is -0.151. The Balaban J connectivity index is 4.40. The van der Waals surface area contributed by atoms with Gasteiger partial charge in [-0.25, -0.2) is 0 Å². The largest absolute Gasteiger partial charge is 0.481 e. The summed E-state index contributed by atoms with van der Waals surface area (Å²) < 4.78 is 0. The van der Waals surface area contributed by atoms with Crippen LogP contribution in [0.2, 0.25) is 0 Å². The zero-order valence-electron chi connectivity index (χ0n) is 9.50.